The molecule has 0 saturated carbocycles. The van der Waals surface area contributed by atoms with Crippen LogP contribution in [0.25, 0.3) is 0 Å². The van der Waals surface area contributed by atoms with Crippen molar-refractivity contribution in [1.82, 2.24) is 9.88 Å². The Morgan fingerprint density at radius 1 is 1.00 bits per heavy atom. The number of anilines is 2. The fourth-order valence-electron chi connectivity index (χ4n) is 3.59. The van der Waals surface area contributed by atoms with Crippen molar-refractivity contribution >= 4 is 34.9 Å². The molecule has 2 aliphatic rings. The number of hydrogen-bond acceptors (Lipinski definition) is 5. The fraction of sp³-hybridized carbons (Fsp3) is 0.316. The van der Waals surface area contributed by atoms with Crippen LogP contribution in [-0.2, 0) is 9.59 Å². The topological polar surface area (TPSA) is 56.8 Å². The number of piperazine rings is 1. The number of imide groups is 1. The monoisotopic (exact) mass is 370 g/mol. The molecule has 2 saturated heterocycles. The summed E-state index contributed by atoms with van der Waals surface area (Å²) in [5, 5.41) is 0.510. The Balaban J connectivity index is 1.45. The van der Waals surface area contributed by atoms with Gasteiger partial charge in [0.25, 0.3) is 5.91 Å². The highest BCUT2D eigenvalue weighted by Crippen LogP contribution is 2.28. The van der Waals surface area contributed by atoms with Gasteiger partial charge in [0, 0.05) is 37.4 Å². The Hall–Kier alpha value is -2.44. The van der Waals surface area contributed by atoms with Gasteiger partial charge < -0.3 is 4.90 Å². The lowest BCUT2D eigenvalue weighted by Crippen LogP contribution is -2.52. The number of carbonyl (C=O) groups is 2. The lowest BCUT2D eigenvalue weighted by molar-refractivity contribution is -0.123. The maximum Gasteiger partial charge on any atom is 0.251 e. The van der Waals surface area contributed by atoms with Crippen molar-refractivity contribution in [1.29, 1.82) is 0 Å². The second-order valence-electron chi connectivity index (χ2n) is 6.48. The van der Waals surface area contributed by atoms with E-state index in [2.05, 4.69) is 14.8 Å². The third kappa shape index (κ3) is 3.18. The van der Waals surface area contributed by atoms with Crippen LogP contribution in [-0.4, -0.2) is 53.9 Å². The predicted octanol–water partition coefficient (Wildman–Crippen LogP) is 2.19. The molecule has 2 aliphatic heterocycles. The minimum absolute atomic E-state index is 0.163. The molecule has 2 aromatic rings. The molecule has 1 aromatic heterocycles. The molecule has 1 unspecified atom stereocenters. The Kier molecular flexibility index (Phi) is 4.61. The van der Waals surface area contributed by atoms with Crippen LogP contribution in [0.2, 0.25) is 5.02 Å². The maximum absolute atomic E-state index is 12.9. The molecule has 2 fully saturated rings. The van der Waals surface area contributed by atoms with Gasteiger partial charge in [-0.1, -0.05) is 23.7 Å². The summed E-state index contributed by atoms with van der Waals surface area (Å²) in [6.45, 7) is 3.02. The van der Waals surface area contributed by atoms with Crippen molar-refractivity contribution in [2.75, 3.05) is 36.0 Å². The standard InChI is InChI=1S/C19H19ClN4O2/c20-14-4-3-5-15(12-14)24-18(25)13-16(19(24)26)22-8-10-23(11-9-22)17-6-1-2-7-21-17/h1-7,12,16H,8-11,13H2. The molecule has 26 heavy (non-hydrogen) atoms. The van der Waals surface area contributed by atoms with E-state index in [1.54, 1.807) is 30.5 Å². The largest absolute Gasteiger partial charge is 0.354 e. The van der Waals surface area contributed by atoms with Crippen LogP contribution >= 0.6 is 11.6 Å². The number of pyridine rings is 1. The quantitative estimate of drug-likeness (QED) is 0.775. The summed E-state index contributed by atoms with van der Waals surface area (Å²) in [6.07, 6.45) is 2.00. The van der Waals surface area contributed by atoms with Crippen molar-refractivity contribution in [3.8, 4) is 0 Å². The first-order valence-corrected chi connectivity index (χ1v) is 9.04. The number of hydrogen-bond donors (Lipinski definition) is 0. The number of amides is 2. The molecule has 0 radical (unpaired) electrons. The molecule has 3 heterocycles. The molecule has 0 aliphatic carbocycles. The molecule has 6 nitrogen and oxygen atoms in total. The molecular weight excluding hydrogens is 352 g/mol. The smallest absolute Gasteiger partial charge is 0.251 e. The van der Waals surface area contributed by atoms with Crippen molar-refractivity contribution < 1.29 is 9.59 Å². The SMILES string of the molecule is O=C1CC(N2CCN(c3ccccn3)CC2)C(=O)N1c1cccc(Cl)c1. The first kappa shape index (κ1) is 17.0. The lowest BCUT2D eigenvalue weighted by Gasteiger charge is -2.37. The highest BCUT2D eigenvalue weighted by Gasteiger charge is 2.43. The van der Waals surface area contributed by atoms with E-state index in [1.807, 2.05) is 18.2 Å². The minimum Gasteiger partial charge on any atom is -0.354 e. The van der Waals surface area contributed by atoms with Gasteiger partial charge in [-0.05, 0) is 30.3 Å². The van der Waals surface area contributed by atoms with Gasteiger partial charge in [-0.25, -0.2) is 9.88 Å². The lowest BCUT2D eigenvalue weighted by atomic mass is 10.1. The zero-order valence-corrected chi connectivity index (χ0v) is 15.0. The number of carbonyl (C=O) groups excluding carboxylic acids is 2. The Morgan fingerprint density at radius 2 is 1.81 bits per heavy atom. The van der Waals surface area contributed by atoms with Crippen LogP contribution in [0.5, 0.6) is 0 Å². The highest BCUT2D eigenvalue weighted by molar-refractivity contribution is 6.31. The van der Waals surface area contributed by atoms with E-state index in [0.29, 0.717) is 10.7 Å². The number of benzene rings is 1. The zero-order chi connectivity index (χ0) is 18.1. The van der Waals surface area contributed by atoms with E-state index < -0.39 is 6.04 Å². The third-order valence-electron chi connectivity index (χ3n) is 4.92. The van der Waals surface area contributed by atoms with Gasteiger partial charge in [-0.15, -0.1) is 0 Å². The van der Waals surface area contributed by atoms with Crippen LogP contribution in [0.15, 0.2) is 48.7 Å². The van der Waals surface area contributed by atoms with Crippen LogP contribution in [0, 0.1) is 0 Å². The summed E-state index contributed by atoms with van der Waals surface area (Å²) in [7, 11) is 0. The first-order chi connectivity index (χ1) is 12.6. The summed E-state index contributed by atoms with van der Waals surface area (Å²) in [5.41, 5.74) is 0.544. The predicted molar refractivity (Wildman–Crippen MR) is 100 cm³/mol. The molecule has 2 amide bonds. The number of halogens is 1. The molecule has 4 rings (SSSR count). The normalized spacial score (nSPS) is 21.5. The molecule has 0 N–H and O–H groups in total. The Bertz CT molecular complexity index is 821. The minimum atomic E-state index is -0.396. The summed E-state index contributed by atoms with van der Waals surface area (Å²) in [4.78, 5) is 35.3. The van der Waals surface area contributed by atoms with E-state index in [0.717, 1.165) is 32.0 Å². The summed E-state index contributed by atoms with van der Waals surface area (Å²) in [5.74, 6) is 0.611. The molecule has 0 bridgehead atoms. The van der Waals surface area contributed by atoms with Crippen molar-refractivity contribution in [3.05, 3.63) is 53.7 Å². The highest BCUT2D eigenvalue weighted by atomic mass is 35.5. The van der Waals surface area contributed by atoms with Crippen LogP contribution < -0.4 is 9.80 Å². The van der Waals surface area contributed by atoms with Gasteiger partial charge in [0.05, 0.1) is 18.2 Å². The van der Waals surface area contributed by atoms with Gasteiger partial charge in [0.2, 0.25) is 5.91 Å². The number of aromatic nitrogens is 1. The van der Waals surface area contributed by atoms with E-state index >= 15 is 0 Å². The fourth-order valence-corrected chi connectivity index (χ4v) is 3.78. The molecule has 134 valence electrons. The average Bonchev–Trinajstić information content (AvgIpc) is 2.97. The molecule has 1 aromatic carbocycles. The Labute approximate surface area is 157 Å². The van der Waals surface area contributed by atoms with Crippen LogP contribution in [0.1, 0.15) is 6.42 Å². The van der Waals surface area contributed by atoms with Gasteiger partial charge in [-0.2, -0.15) is 0 Å². The van der Waals surface area contributed by atoms with Gasteiger partial charge >= 0.3 is 0 Å². The van der Waals surface area contributed by atoms with E-state index in [9.17, 15) is 9.59 Å². The maximum atomic E-state index is 12.9. The molecule has 7 heteroatoms. The summed E-state index contributed by atoms with van der Waals surface area (Å²) >= 11 is 6.01. The van der Waals surface area contributed by atoms with Crippen molar-refractivity contribution in [3.63, 3.8) is 0 Å². The van der Waals surface area contributed by atoms with Crippen molar-refractivity contribution in [2.45, 2.75) is 12.5 Å². The molecular formula is C19H19ClN4O2. The zero-order valence-electron chi connectivity index (χ0n) is 14.2. The summed E-state index contributed by atoms with van der Waals surface area (Å²) < 4.78 is 0. The second-order valence-corrected chi connectivity index (χ2v) is 6.91. The molecule has 0 spiro atoms. The number of rotatable bonds is 3. The van der Waals surface area contributed by atoms with Crippen molar-refractivity contribution in [2.24, 2.45) is 0 Å². The first-order valence-electron chi connectivity index (χ1n) is 8.66. The van der Waals surface area contributed by atoms with E-state index in [1.165, 1.54) is 4.90 Å². The number of nitrogens with zero attached hydrogens (tertiary/aromatic N) is 4. The second kappa shape index (κ2) is 7.05. The third-order valence-corrected chi connectivity index (χ3v) is 5.15. The van der Waals surface area contributed by atoms with Gasteiger partial charge in [0.15, 0.2) is 0 Å². The van der Waals surface area contributed by atoms with E-state index in [4.69, 9.17) is 11.6 Å². The summed E-state index contributed by atoms with van der Waals surface area (Å²) in [6, 6.07) is 12.3. The molecule has 1 atom stereocenters. The Morgan fingerprint density at radius 3 is 2.50 bits per heavy atom. The van der Waals surface area contributed by atoms with Gasteiger partial charge in [-0.3, -0.25) is 14.5 Å². The van der Waals surface area contributed by atoms with E-state index in [-0.39, 0.29) is 18.2 Å². The van der Waals surface area contributed by atoms with Crippen LogP contribution in [0.4, 0.5) is 11.5 Å². The average molecular weight is 371 g/mol. The van der Waals surface area contributed by atoms with Crippen LogP contribution in [0.3, 0.4) is 0 Å². The van der Waals surface area contributed by atoms with Gasteiger partial charge in [0.1, 0.15) is 5.82 Å².